The molecule has 1 aliphatic rings. The SMILES string of the molecule is CN(CCCn1ccnc1)C(=O)C1CNC1. The highest BCUT2D eigenvalue weighted by Gasteiger charge is 2.27. The lowest BCUT2D eigenvalue weighted by Crippen LogP contribution is -2.51. The first-order valence-electron chi connectivity index (χ1n) is 5.69. The van der Waals surface area contributed by atoms with Crippen LogP contribution >= 0.6 is 0 Å². The highest BCUT2D eigenvalue weighted by Crippen LogP contribution is 2.07. The second kappa shape index (κ2) is 5.12. The van der Waals surface area contributed by atoms with Crippen molar-refractivity contribution in [3.63, 3.8) is 0 Å². The van der Waals surface area contributed by atoms with E-state index in [4.69, 9.17) is 0 Å². The summed E-state index contributed by atoms with van der Waals surface area (Å²) < 4.78 is 2.03. The van der Waals surface area contributed by atoms with Gasteiger partial charge in [-0.25, -0.2) is 4.98 Å². The van der Waals surface area contributed by atoms with Crippen LogP contribution in [0.3, 0.4) is 0 Å². The Morgan fingerprint density at radius 3 is 3.00 bits per heavy atom. The predicted molar refractivity (Wildman–Crippen MR) is 60.8 cm³/mol. The Hall–Kier alpha value is -1.36. The van der Waals surface area contributed by atoms with Gasteiger partial charge in [-0.05, 0) is 6.42 Å². The number of hydrogen-bond donors (Lipinski definition) is 1. The van der Waals surface area contributed by atoms with Gasteiger partial charge in [0.2, 0.25) is 5.91 Å². The van der Waals surface area contributed by atoms with E-state index in [1.165, 1.54) is 0 Å². The molecule has 88 valence electrons. The third-order valence-corrected chi connectivity index (χ3v) is 2.98. The molecule has 0 aromatic carbocycles. The molecule has 5 heteroatoms. The highest BCUT2D eigenvalue weighted by atomic mass is 16.2. The van der Waals surface area contributed by atoms with Crippen molar-refractivity contribution in [3.8, 4) is 0 Å². The molecule has 1 aromatic heterocycles. The van der Waals surface area contributed by atoms with Crippen LogP contribution in [0.5, 0.6) is 0 Å². The molecule has 0 spiro atoms. The number of aryl methyl sites for hydroxylation is 1. The molecule has 1 fully saturated rings. The fraction of sp³-hybridized carbons (Fsp3) is 0.636. The van der Waals surface area contributed by atoms with Crippen LogP contribution in [0.25, 0.3) is 0 Å². The Bertz CT molecular complexity index is 332. The number of amides is 1. The number of rotatable bonds is 5. The summed E-state index contributed by atoms with van der Waals surface area (Å²) in [6, 6.07) is 0. The fourth-order valence-electron chi connectivity index (χ4n) is 1.79. The first kappa shape index (κ1) is 11.1. The van der Waals surface area contributed by atoms with E-state index in [0.717, 1.165) is 32.6 Å². The normalized spacial score (nSPS) is 15.8. The lowest BCUT2D eigenvalue weighted by Gasteiger charge is -2.30. The predicted octanol–water partition coefficient (Wildman–Crippen LogP) is -0.0490. The van der Waals surface area contributed by atoms with Crippen molar-refractivity contribution in [1.29, 1.82) is 0 Å². The summed E-state index contributed by atoms with van der Waals surface area (Å²) in [5.74, 6) is 0.475. The molecule has 1 saturated heterocycles. The van der Waals surface area contributed by atoms with Crippen molar-refractivity contribution in [2.45, 2.75) is 13.0 Å². The van der Waals surface area contributed by atoms with Gasteiger partial charge in [0, 0.05) is 45.6 Å². The summed E-state index contributed by atoms with van der Waals surface area (Å²) in [6.45, 7) is 3.41. The van der Waals surface area contributed by atoms with E-state index >= 15 is 0 Å². The van der Waals surface area contributed by atoms with Crippen molar-refractivity contribution in [3.05, 3.63) is 18.7 Å². The maximum Gasteiger partial charge on any atom is 0.227 e. The van der Waals surface area contributed by atoms with Crippen LogP contribution in [-0.4, -0.2) is 47.0 Å². The number of hydrogen-bond acceptors (Lipinski definition) is 3. The third-order valence-electron chi connectivity index (χ3n) is 2.98. The van der Waals surface area contributed by atoms with Gasteiger partial charge >= 0.3 is 0 Å². The Balaban J connectivity index is 1.67. The topological polar surface area (TPSA) is 50.2 Å². The number of nitrogens with one attached hydrogen (secondary N) is 1. The minimum Gasteiger partial charge on any atom is -0.345 e. The number of imidazole rings is 1. The van der Waals surface area contributed by atoms with E-state index in [1.807, 2.05) is 22.7 Å². The van der Waals surface area contributed by atoms with Crippen LogP contribution in [0.15, 0.2) is 18.7 Å². The Kier molecular flexibility index (Phi) is 3.56. The minimum atomic E-state index is 0.207. The van der Waals surface area contributed by atoms with Crippen molar-refractivity contribution >= 4 is 5.91 Å². The van der Waals surface area contributed by atoms with E-state index < -0.39 is 0 Å². The van der Waals surface area contributed by atoms with Gasteiger partial charge in [0.1, 0.15) is 0 Å². The van der Waals surface area contributed by atoms with Gasteiger partial charge in [-0.3, -0.25) is 4.79 Å². The number of carbonyl (C=O) groups is 1. The molecule has 5 nitrogen and oxygen atoms in total. The van der Waals surface area contributed by atoms with E-state index in [-0.39, 0.29) is 11.8 Å². The van der Waals surface area contributed by atoms with E-state index in [2.05, 4.69) is 10.3 Å². The largest absolute Gasteiger partial charge is 0.345 e. The summed E-state index contributed by atoms with van der Waals surface area (Å²) in [4.78, 5) is 17.6. The van der Waals surface area contributed by atoms with Crippen LogP contribution in [0.1, 0.15) is 6.42 Å². The Labute approximate surface area is 95.5 Å². The Morgan fingerprint density at radius 2 is 2.44 bits per heavy atom. The average molecular weight is 222 g/mol. The smallest absolute Gasteiger partial charge is 0.227 e. The molecule has 0 atom stereocenters. The first-order valence-corrected chi connectivity index (χ1v) is 5.69. The lowest BCUT2D eigenvalue weighted by molar-refractivity contribution is -0.135. The third kappa shape index (κ3) is 2.61. The maximum absolute atomic E-state index is 11.8. The van der Waals surface area contributed by atoms with E-state index in [9.17, 15) is 4.79 Å². The number of carbonyl (C=O) groups excluding carboxylic acids is 1. The van der Waals surface area contributed by atoms with Gasteiger partial charge < -0.3 is 14.8 Å². The molecule has 1 N–H and O–H groups in total. The van der Waals surface area contributed by atoms with Crippen molar-refractivity contribution < 1.29 is 4.79 Å². The van der Waals surface area contributed by atoms with Crippen molar-refractivity contribution in [2.75, 3.05) is 26.7 Å². The number of aromatic nitrogens is 2. The fourth-order valence-corrected chi connectivity index (χ4v) is 1.79. The second-order valence-corrected chi connectivity index (χ2v) is 4.27. The standard InChI is InChI=1S/C11H18N4O/c1-14(11(16)10-7-13-8-10)4-2-5-15-6-3-12-9-15/h3,6,9-10,13H,2,4-5,7-8H2,1H3. The van der Waals surface area contributed by atoms with Crippen LogP contribution in [0, 0.1) is 5.92 Å². The molecular weight excluding hydrogens is 204 g/mol. The molecule has 0 saturated carbocycles. The summed E-state index contributed by atoms with van der Waals surface area (Å²) in [5, 5.41) is 3.12. The minimum absolute atomic E-state index is 0.207. The highest BCUT2D eigenvalue weighted by molar-refractivity contribution is 5.79. The lowest BCUT2D eigenvalue weighted by atomic mass is 10.0. The van der Waals surface area contributed by atoms with E-state index in [0.29, 0.717) is 0 Å². The summed E-state index contributed by atoms with van der Waals surface area (Å²) >= 11 is 0. The monoisotopic (exact) mass is 222 g/mol. The van der Waals surface area contributed by atoms with Gasteiger partial charge in [-0.1, -0.05) is 0 Å². The molecule has 0 radical (unpaired) electrons. The molecule has 2 heterocycles. The Morgan fingerprint density at radius 1 is 1.62 bits per heavy atom. The maximum atomic E-state index is 11.8. The van der Waals surface area contributed by atoms with E-state index in [1.54, 1.807) is 12.5 Å². The van der Waals surface area contributed by atoms with Gasteiger partial charge in [-0.15, -0.1) is 0 Å². The molecule has 2 rings (SSSR count). The van der Waals surface area contributed by atoms with Gasteiger partial charge in [0.25, 0.3) is 0 Å². The summed E-state index contributed by atoms with van der Waals surface area (Å²) in [7, 11) is 1.88. The molecule has 0 aliphatic carbocycles. The molecule has 1 amide bonds. The molecule has 1 aliphatic heterocycles. The van der Waals surface area contributed by atoms with Crippen LogP contribution in [-0.2, 0) is 11.3 Å². The summed E-state index contributed by atoms with van der Waals surface area (Å²) in [6.07, 6.45) is 6.49. The zero-order valence-electron chi connectivity index (χ0n) is 9.59. The second-order valence-electron chi connectivity index (χ2n) is 4.27. The van der Waals surface area contributed by atoms with Gasteiger partial charge in [0.05, 0.1) is 12.2 Å². The van der Waals surface area contributed by atoms with Gasteiger partial charge in [-0.2, -0.15) is 0 Å². The molecular formula is C11H18N4O. The van der Waals surface area contributed by atoms with Crippen molar-refractivity contribution in [2.24, 2.45) is 5.92 Å². The van der Waals surface area contributed by atoms with Crippen LogP contribution in [0.2, 0.25) is 0 Å². The van der Waals surface area contributed by atoms with Crippen molar-refractivity contribution in [1.82, 2.24) is 19.8 Å². The zero-order valence-corrected chi connectivity index (χ0v) is 9.59. The molecule has 16 heavy (non-hydrogen) atoms. The summed E-state index contributed by atoms with van der Waals surface area (Å²) in [5.41, 5.74) is 0. The molecule has 1 aromatic rings. The quantitative estimate of drug-likeness (QED) is 0.760. The first-order chi connectivity index (χ1) is 7.77. The van der Waals surface area contributed by atoms with Crippen LogP contribution in [0.4, 0.5) is 0 Å². The zero-order chi connectivity index (χ0) is 11.4. The molecule has 0 unspecified atom stereocenters. The van der Waals surface area contributed by atoms with Gasteiger partial charge in [0.15, 0.2) is 0 Å². The molecule has 0 bridgehead atoms. The average Bonchev–Trinajstić information content (AvgIpc) is 2.67. The number of nitrogens with zero attached hydrogens (tertiary/aromatic N) is 3. The van der Waals surface area contributed by atoms with Crippen LogP contribution < -0.4 is 5.32 Å².